The summed E-state index contributed by atoms with van der Waals surface area (Å²) in [6.45, 7) is 43.8. The Labute approximate surface area is 445 Å². The van der Waals surface area contributed by atoms with Crippen molar-refractivity contribution in [2.45, 2.75) is 206 Å². The number of hydrogen-bond acceptors (Lipinski definition) is 3. The quantitative estimate of drug-likeness (QED) is 0.165. The van der Waals surface area contributed by atoms with Crippen LogP contribution in [0, 0.1) is 0 Å². The molecular formula is C70H83BN2O. The molecule has 0 N–H and O–H groups in total. The first-order valence-corrected chi connectivity index (χ1v) is 28.3. The molecule has 0 atom stereocenters. The van der Waals surface area contributed by atoms with E-state index < -0.39 is 0 Å². The molecule has 0 saturated carbocycles. The number of nitrogens with zero attached hydrogens (tertiary/aromatic N) is 2. The van der Waals surface area contributed by atoms with Crippen molar-refractivity contribution in [3.63, 3.8) is 0 Å². The van der Waals surface area contributed by atoms with Gasteiger partial charge in [-0.2, -0.15) is 0 Å². The van der Waals surface area contributed by atoms with Crippen LogP contribution in [0.25, 0.3) is 22.1 Å². The van der Waals surface area contributed by atoms with Crippen molar-refractivity contribution in [2.75, 3.05) is 9.80 Å². The van der Waals surface area contributed by atoms with Gasteiger partial charge in [0.25, 0.3) is 6.71 Å². The first kappa shape index (κ1) is 49.4. The largest absolute Gasteiger partial charge is 0.468 e. The van der Waals surface area contributed by atoms with Crippen molar-refractivity contribution < 1.29 is 4.42 Å². The number of furan rings is 1. The van der Waals surface area contributed by atoms with E-state index in [1.807, 2.05) is 0 Å². The third-order valence-electron chi connectivity index (χ3n) is 19.8. The number of benzene rings is 6. The highest BCUT2D eigenvalue weighted by Gasteiger charge is 2.51. The number of anilines is 6. The lowest BCUT2D eigenvalue weighted by Gasteiger charge is -2.48. The molecule has 0 spiro atoms. The maximum absolute atomic E-state index is 7.64. The Morgan fingerprint density at radius 2 is 0.919 bits per heavy atom. The van der Waals surface area contributed by atoms with Crippen LogP contribution in [0.1, 0.15) is 208 Å². The fourth-order valence-corrected chi connectivity index (χ4v) is 14.3. The van der Waals surface area contributed by atoms with E-state index in [1.165, 1.54) is 112 Å². The van der Waals surface area contributed by atoms with Crippen molar-refractivity contribution in [3.8, 4) is 11.1 Å². The van der Waals surface area contributed by atoms with Crippen LogP contribution in [-0.4, -0.2) is 6.71 Å². The van der Waals surface area contributed by atoms with Crippen molar-refractivity contribution in [1.29, 1.82) is 0 Å². The Kier molecular flexibility index (Phi) is 10.4. The Morgan fingerprint density at radius 1 is 0.432 bits per heavy atom. The molecule has 0 radical (unpaired) electrons. The highest BCUT2D eigenvalue weighted by molar-refractivity contribution is 7.00. The summed E-state index contributed by atoms with van der Waals surface area (Å²) >= 11 is 0. The van der Waals surface area contributed by atoms with E-state index in [-0.39, 0.29) is 50.0 Å². The molecule has 3 aliphatic carbocycles. The zero-order valence-corrected chi connectivity index (χ0v) is 48.4. The average molecular weight is 979 g/mol. The molecule has 3 nitrogen and oxygen atoms in total. The normalized spacial score (nSPS) is 20.3. The summed E-state index contributed by atoms with van der Waals surface area (Å²) in [5.74, 6) is 0. The van der Waals surface area contributed by atoms with Gasteiger partial charge in [-0.25, -0.2) is 0 Å². The lowest BCUT2D eigenvalue weighted by Crippen LogP contribution is -2.61. The highest BCUT2D eigenvalue weighted by atomic mass is 16.3. The molecule has 74 heavy (non-hydrogen) atoms. The average Bonchev–Trinajstić information content (AvgIpc) is 3.76. The van der Waals surface area contributed by atoms with E-state index in [9.17, 15) is 0 Å². The van der Waals surface area contributed by atoms with E-state index in [1.54, 1.807) is 0 Å². The Bertz CT molecular complexity index is 3490. The van der Waals surface area contributed by atoms with Gasteiger partial charge in [-0.1, -0.05) is 173 Å². The van der Waals surface area contributed by atoms with E-state index in [2.05, 4.69) is 238 Å². The second kappa shape index (κ2) is 15.6. The predicted molar refractivity (Wildman–Crippen MR) is 319 cm³/mol. The summed E-state index contributed by atoms with van der Waals surface area (Å²) in [6, 6.07) is 41.7. The molecule has 6 aromatic carbocycles. The molecule has 0 saturated heterocycles. The maximum Gasteiger partial charge on any atom is 0.297 e. The van der Waals surface area contributed by atoms with Gasteiger partial charge in [0.05, 0.1) is 17.0 Å². The van der Waals surface area contributed by atoms with Crippen LogP contribution in [0.2, 0.25) is 0 Å². The molecule has 3 heterocycles. The molecule has 2 aliphatic heterocycles. The van der Waals surface area contributed by atoms with Crippen LogP contribution in [0.4, 0.5) is 34.1 Å². The highest BCUT2D eigenvalue weighted by Crippen LogP contribution is 2.57. The van der Waals surface area contributed by atoms with Gasteiger partial charge in [0.2, 0.25) is 0 Å². The Morgan fingerprint density at radius 3 is 1.47 bits per heavy atom. The van der Waals surface area contributed by atoms with Crippen molar-refractivity contribution in [2.24, 2.45) is 0 Å². The summed E-state index contributed by atoms with van der Waals surface area (Å²) in [4.78, 5) is 5.43. The smallest absolute Gasteiger partial charge is 0.297 e. The fourth-order valence-electron chi connectivity index (χ4n) is 14.3. The molecule has 0 fully saturated rings. The molecule has 0 amide bonds. The topological polar surface area (TPSA) is 19.6 Å². The number of fused-ring (bicyclic) bond motifs is 9. The maximum atomic E-state index is 7.64. The van der Waals surface area contributed by atoms with Crippen LogP contribution in [-0.2, 0) is 43.3 Å². The first-order valence-electron chi connectivity index (χ1n) is 28.3. The molecule has 1 aromatic heterocycles. The van der Waals surface area contributed by atoms with Crippen LogP contribution in [0.15, 0.2) is 108 Å². The Hall–Kier alpha value is -5.48. The van der Waals surface area contributed by atoms with Gasteiger partial charge in [-0.15, -0.1) is 0 Å². The minimum atomic E-state index is -0.162. The molecule has 5 aliphatic rings. The van der Waals surface area contributed by atoms with Gasteiger partial charge in [-0.05, 0) is 197 Å². The van der Waals surface area contributed by atoms with E-state index in [4.69, 9.17) is 4.42 Å². The molecule has 0 unspecified atom stereocenters. The third-order valence-corrected chi connectivity index (χ3v) is 19.8. The molecule has 12 rings (SSSR count). The van der Waals surface area contributed by atoms with Crippen LogP contribution < -0.4 is 26.4 Å². The van der Waals surface area contributed by atoms with Gasteiger partial charge >= 0.3 is 0 Å². The van der Waals surface area contributed by atoms with Gasteiger partial charge in [-0.3, -0.25) is 0 Å². The summed E-state index contributed by atoms with van der Waals surface area (Å²) in [7, 11) is 0. The zero-order valence-electron chi connectivity index (χ0n) is 48.4. The zero-order chi connectivity index (χ0) is 52.8. The number of rotatable bonds is 3. The molecule has 382 valence electrons. The number of hydrogen-bond donors (Lipinski definition) is 0. The van der Waals surface area contributed by atoms with Crippen molar-refractivity contribution >= 4 is 68.4 Å². The van der Waals surface area contributed by atoms with Crippen molar-refractivity contribution in [1.82, 2.24) is 0 Å². The molecule has 4 heteroatoms. The minimum Gasteiger partial charge on any atom is -0.468 e. The van der Waals surface area contributed by atoms with E-state index >= 15 is 0 Å². The molecular weight excluding hydrogens is 896 g/mol. The van der Waals surface area contributed by atoms with Gasteiger partial charge in [0, 0.05) is 33.7 Å². The summed E-state index contributed by atoms with van der Waals surface area (Å²) in [5, 5.41) is 1.19. The summed E-state index contributed by atoms with van der Waals surface area (Å²) in [6.07, 6.45) is 6.95. The first-order chi connectivity index (χ1) is 34.4. The fraction of sp³-hybridized carbons (Fsp3) is 0.457. The van der Waals surface area contributed by atoms with Crippen LogP contribution in [0.3, 0.4) is 0 Å². The lowest BCUT2D eigenvalue weighted by atomic mass is 9.35. The third kappa shape index (κ3) is 7.32. The second-order valence-electron chi connectivity index (χ2n) is 29.8. The van der Waals surface area contributed by atoms with E-state index in [0.29, 0.717) is 0 Å². The predicted octanol–water partition coefficient (Wildman–Crippen LogP) is 17.8. The van der Waals surface area contributed by atoms with E-state index in [0.717, 1.165) is 43.3 Å². The van der Waals surface area contributed by atoms with Crippen LogP contribution in [0.5, 0.6) is 0 Å². The summed E-state index contributed by atoms with van der Waals surface area (Å²) in [5.41, 5.74) is 26.1. The standard InChI is InChI=1S/C70H83BN2O/c1-63(2,3)43-24-27-59-47(34-43)61-62(74-59)71-54-39-51-53(70(17,18)33-31-68(51,13)14)41-56(54)73(55-40-52-50(67(11,12)30-32-69(52,15)16)38-46(55)42-22-20-19-21-23-42)58-36-44(64(4,5)6)35-57(60(58)71)72(61)45-25-26-48-49(37-45)66(9,10)29-28-65(48,7)8/h19-27,34-41H,28-33H2,1-18H3. The molecule has 7 aromatic rings. The van der Waals surface area contributed by atoms with Gasteiger partial charge in [0.1, 0.15) is 5.58 Å². The van der Waals surface area contributed by atoms with Crippen LogP contribution >= 0.6 is 0 Å². The minimum absolute atomic E-state index is 0.000407. The second-order valence-corrected chi connectivity index (χ2v) is 29.8. The van der Waals surface area contributed by atoms with Gasteiger partial charge < -0.3 is 14.2 Å². The Balaban J connectivity index is 1.27. The molecule has 0 bridgehead atoms. The summed E-state index contributed by atoms with van der Waals surface area (Å²) < 4.78 is 7.64. The SMILES string of the molecule is CC(C)(C)c1cc2c3c(c1)N(c1ccc4c(c1)C(C)(C)CCC4(C)C)c1c(oc4ccc(C(C)(C)C)cc14)B3c1cc3c(cc1N2c1cc2c(cc1-c1ccccc1)C(C)(C)CCC2(C)C)C(C)(C)CCC3(C)C. The lowest BCUT2D eigenvalue weighted by molar-refractivity contribution is 0.332. The van der Waals surface area contributed by atoms with Crippen molar-refractivity contribution in [3.05, 3.63) is 148 Å². The monoisotopic (exact) mass is 979 g/mol. The van der Waals surface area contributed by atoms with Gasteiger partial charge in [0.15, 0.2) is 0 Å².